The molecule has 0 rings (SSSR count). The quantitative estimate of drug-likeness (QED) is 0.440. The van der Waals surface area contributed by atoms with Gasteiger partial charge in [-0.15, -0.1) is 13.8 Å². The van der Waals surface area contributed by atoms with E-state index in [4.69, 9.17) is 0 Å². The summed E-state index contributed by atoms with van der Waals surface area (Å²) >= 11 is 0. The Morgan fingerprint density at radius 3 is 1.60 bits per heavy atom. The van der Waals surface area contributed by atoms with Crippen molar-refractivity contribution < 1.29 is 19.5 Å². The monoisotopic (exact) mass is 190 g/mol. The van der Waals surface area contributed by atoms with Gasteiger partial charge >= 0.3 is 19.5 Å². The second kappa shape index (κ2) is 16.1. The zero-order valence-electron chi connectivity index (χ0n) is 7.61. The Kier molecular flexibility index (Phi) is 26.9. The van der Waals surface area contributed by atoms with Crippen molar-refractivity contribution in [1.29, 1.82) is 0 Å². The van der Waals surface area contributed by atoms with E-state index in [0.29, 0.717) is 0 Å². The van der Waals surface area contributed by atoms with Gasteiger partial charge < -0.3 is 6.92 Å². The predicted octanol–water partition coefficient (Wildman–Crippen LogP) is 3.40. The van der Waals surface area contributed by atoms with Crippen LogP contribution in [0.2, 0.25) is 0 Å². The summed E-state index contributed by atoms with van der Waals surface area (Å²) in [5.74, 6) is 0. The van der Waals surface area contributed by atoms with Crippen molar-refractivity contribution in [3.05, 3.63) is 25.5 Å². The molecule has 0 aliphatic rings. The summed E-state index contributed by atoms with van der Waals surface area (Å²) in [7, 11) is 0. The van der Waals surface area contributed by atoms with Crippen LogP contribution >= 0.6 is 0 Å². The Morgan fingerprint density at radius 1 is 1.40 bits per heavy atom. The van der Waals surface area contributed by atoms with Gasteiger partial charge in [0.15, 0.2) is 0 Å². The van der Waals surface area contributed by atoms with E-state index in [1.165, 1.54) is 12.0 Å². The normalized spacial score (nSPS) is 6.40. The van der Waals surface area contributed by atoms with Crippen LogP contribution in [0.3, 0.4) is 0 Å². The van der Waals surface area contributed by atoms with E-state index in [-0.39, 0.29) is 19.5 Å². The van der Waals surface area contributed by atoms with Crippen LogP contribution in [0.5, 0.6) is 0 Å². The molecule has 0 aliphatic heterocycles. The summed E-state index contributed by atoms with van der Waals surface area (Å²) in [6.07, 6.45) is 4.11. The van der Waals surface area contributed by atoms with Gasteiger partial charge in [0.2, 0.25) is 0 Å². The third-order valence-electron chi connectivity index (χ3n) is 0.762. The molecule has 0 spiro atoms. The average molecular weight is 192 g/mol. The molecule has 0 aromatic heterocycles. The molecule has 0 aliphatic carbocycles. The third-order valence-corrected chi connectivity index (χ3v) is 0.762. The van der Waals surface area contributed by atoms with Crippen molar-refractivity contribution in [3.8, 4) is 0 Å². The molecular formula is C9H18Zn. The van der Waals surface area contributed by atoms with Crippen LogP contribution in [0.1, 0.15) is 33.6 Å². The van der Waals surface area contributed by atoms with E-state index >= 15 is 0 Å². The molecule has 0 atom stereocenters. The summed E-state index contributed by atoms with van der Waals surface area (Å²) in [6.45, 7) is 13.3. The first kappa shape index (κ1) is 16.7. The molecule has 0 nitrogen and oxygen atoms in total. The largest absolute Gasteiger partial charge is 2.00 e. The fraction of sp³-hybridized carbons (Fsp3) is 0.556. The molecule has 10 heavy (non-hydrogen) atoms. The molecule has 0 heterocycles. The Balaban J connectivity index is -0.0000000910. The van der Waals surface area contributed by atoms with Crippen molar-refractivity contribution in [2.45, 2.75) is 33.6 Å². The second-order valence-corrected chi connectivity index (χ2v) is 2.14. The van der Waals surface area contributed by atoms with Crippen LogP contribution in [0.25, 0.3) is 0 Å². The van der Waals surface area contributed by atoms with Gasteiger partial charge in [-0.25, -0.2) is 18.6 Å². The van der Waals surface area contributed by atoms with E-state index in [2.05, 4.69) is 20.8 Å². The maximum atomic E-state index is 3.60. The zero-order chi connectivity index (χ0) is 7.70. The van der Waals surface area contributed by atoms with E-state index in [1.54, 1.807) is 0 Å². The third kappa shape index (κ3) is 41.2. The molecule has 0 saturated heterocycles. The van der Waals surface area contributed by atoms with Crippen LogP contribution in [-0.4, -0.2) is 0 Å². The first-order valence-corrected chi connectivity index (χ1v) is 3.40. The first-order chi connectivity index (χ1) is 4.18. The molecule has 0 fully saturated rings. The van der Waals surface area contributed by atoms with Gasteiger partial charge in [0.05, 0.1) is 0 Å². The van der Waals surface area contributed by atoms with Crippen LogP contribution in [0, 0.1) is 13.8 Å². The minimum atomic E-state index is 0. The number of hydrogen-bond acceptors (Lipinski definition) is 0. The standard InChI is InChI=1S/C5H9.C4H9.Zn/c1-4-5(2)3;1-3-4-2;/h4H,1H2,2-3H3;1,3-4H2,2H3;/q2*-1;+2. The number of allylic oxidation sites excluding steroid dienone is 2. The summed E-state index contributed by atoms with van der Waals surface area (Å²) in [5.41, 5.74) is 1.27. The SMILES string of the molecule is [CH2-]C=C(C)C.[CH2-]CCC.[Zn+2]. The molecule has 0 unspecified atom stereocenters. The van der Waals surface area contributed by atoms with Crippen LogP contribution in [0.15, 0.2) is 11.6 Å². The maximum absolute atomic E-state index is 3.60. The number of unbranched alkanes of at least 4 members (excludes halogenated alkanes) is 1. The molecule has 0 aromatic rings. The van der Waals surface area contributed by atoms with Gasteiger partial charge in [-0.1, -0.05) is 13.3 Å². The molecule has 0 aromatic carbocycles. The van der Waals surface area contributed by atoms with E-state index in [9.17, 15) is 0 Å². The van der Waals surface area contributed by atoms with Crippen molar-refractivity contribution in [3.63, 3.8) is 0 Å². The average Bonchev–Trinajstić information content (AvgIpc) is 1.89. The molecule has 0 N–H and O–H groups in total. The molecule has 0 amide bonds. The predicted molar refractivity (Wildman–Crippen MR) is 45.1 cm³/mol. The topological polar surface area (TPSA) is 0 Å². The molecule has 0 radical (unpaired) electrons. The minimum Gasteiger partial charge on any atom is -0.343 e. The van der Waals surface area contributed by atoms with Crippen LogP contribution in [0.4, 0.5) is 0 Å². The Hall–Kier alpha value is 0.233. The van der Waals surface area contributed by atoms with Gasteiger partial charge in [0.1, 0.15) is 0 Å². The van der Waals surface area contributed by atoms with Gasteiger partial charge in [-0.05, 0) is 0 Å². The van der Waals surface area contributed by atoms with Crippen molar-refractivity contribution in [2.24, 2.45) is 0 Å². The fourth-order valence-corrected chi connectivity index (χ4v) is 0. The van der Waals surface area contributed by atoms with Gasteiger partial charge in [0.25, 0.3) is 0 Å². The first-order valence-electron chi connectivity index (χ1n) is 3.40. The van der Waals surface area contributed by atoms with Crippen molar-refractivity contribution in [2.75, 3.05) is 0 Å². The van der Waals surface area contributed by atoms with Crippen LogP contribution < -0.4 is 0 Å². The van der Waals surface area contributed by atoms with Crippen molar-refractivity contribution in [1.82, 2.24) is 0 Å². The Bertz CT molecular complexity index is 59.1. The molecule has 0 saturated carbocycles. The Labute approximate surface area is 78.9 Å². The van der Waals surface area contributed by atoms with Crippen molar-refractivity contribution >= 4 is 0 Å². The van der Waals surface area contributed by atoms with E-state index in [1.807, 2.05) is 19.9 Å². The molecule has 1 heteroatoms. The number of rotatable bonds is 1. The van der Waals surface area contributed by atoms with Gasteiger partial charge in [-0.2, -0.15) is 6.42 Å². The second-order valence-electron chi connectivity index (χ2n) is 2.14. The van der Waals surface area contributed by atoms with Gasteiger partial charge in [-0.3, -0.25) is 0 Å². The van der Waals surface area contributed by atoms with E-state index < -0.39 is 0 Å². The fourth-order valence-electron chi connectivity index (χ4n) is 0. The summed E-state index contributed by atoms with van der Waals surface area (Å²) in [5, 5.41) is 0. The molecule has 0 bridgehead atoms. The molecular weight excluding hydrogens is 173 g/mol. The summed E-state index contributed by atoms with van der Waals surface area (Å²) < 4.78 is 0. The summed E-state index contributed by atoms with van der Waals surface area (Å²) in [6, 6.07) is 0. The number of hydrogen-bond donors (Lipinski definition) is 0. The van der Waals surface area contributed by atoms with E-state index in [0.717, 1.165) is 6.42 Å². The van der Waals surface area contributed by atoms with Crippen LogP contribution in [-0.2, 0) is 19.5 Å². The molecule has 56 valence electrons. The Morgan fingerprint density at radius 2 is 1.60 bits per heavy atom. The minimum absolute atomic E-state index is 0. The maximum Gasteiger partial charge on any atom is 2.00 e. The summed E-state index contributed by atoms with van der Waals surface area (Å²) in [4.78, 5) is 0. The van der Waals surface area contributed by atoms with Gasteiger partial charge in [0, 0.05) is 0 Å². The zero-order valence-corrected chi connectivity index (χ0v) is 10.6. The smallest absolute Gasteiger partial charge is 0.343 e.